The Morgan fingerprint density at radius 1 is 1.53 bits per heavy atom. The molecular formula is C8H7N7. The van der Waals surface area contributed by atoms with E-state index >= 15 is 0 Å². The van der Waals surface area contributed by atoms with Gasteiger partial charge in [0.25, 0.3) is 0 Å². The van der Waals surface area contributed by atoms with Crippen molar-refractivity contribution >= 4 is 11.6 Å². The highest BCUT2D eigenvalue weighted by Gasteiger charge is 2.12. The Morgan fingerprint density at radius 2 is 2.20 bits per heavy atom. The number of benzene rings is 1. The van der Waals surface area contributed by atoms with E-state index in [0.717, 1.165) is 4.90 Å². The van der Waals surface area contributed by atoms with Gasteiger partial charge in [-0.25, -0.2) is 5.41 Å². The second-order valence-corrected chi connectivity index (χ2v) is 2.42. The van der Waals surface area contributed by atoms with Gasteiger partial charge < -0.3 is 0 Å². The largest absolute Gasteiger partial charge is 0.308 e. The normalized spacial score (nSPS) is 8.20. The molecule has 1 aromatic carbocycles. The number of nitrogens with one attached hydrogen (secondary N) is 2. The standard InChI is InChI=1S/C8H7N7/c9-6-15(8(10)12-14-13-11)7-4-2-1-3-5-7/h1-5H,(H2,10,12). The molecule has 0 saturated carbocycles. The fraction of sp³-hybridized carbons (Fsp3) is 0. The molecule has 15 heavy (non-hydrogen) atoms. The third-order valence-electron chi connectivity index (χ3n) is 1.54. The molecule has 0 atom stereocenters. The van der Waals surface area contributed by atoms with Crippen LogP contribution in [-0.2, 0) is 0 Å². The van der Waals surface area contributed by atoms with E-state index in [9.17, 15) is 0 Å². The van der Waals surface area contributed by atoms with Gasteiger partial charge >= 0.3 is 5.96 Å². The van der Waals surface area contributed by atoms with Gasteiger partial charge in [-0.3, -0.25) is 0 Å². The average molecular weight is 201 g/mol. The van der Waals surface area contributed by atoms with Crippen LogP contribution in [0.5, 0.6) is 0 Å². The summed E-state index contributed by atoms with van der Waals surface area (Å²) < 4.78 is 0. The molecule has 0 aliphatic heterocycles. The van der Waals surface area contributed by atoms with E-state index in [0.29, 0.717) is 5.69 Å². The van der Waals surface area contributed by atoms with Crippen LogP contribution in [0.25, 0.3) is 10.4 Å². The van der Waals surface area contributed by atoms with Crippen molar-refractivity contribution in [1.29, 1.82) is 10.7 Å². The third kappa shape index (κ3) is 2.62. The van der Waals surface area contributed by atoms with Crippen LogP contribution in [0.15, 0.2) is 35.6 Å². The van der Waals surface area contributed by atoms with Crippen LogP contribution in [0.2, 0.25) is 0 Å². The van der Waals surface area contributed by atoms with Gasteiger partial charge in [-0.1, -0.05) is 18.2 Å². The zero-order chi connectivity index (χ0) is 11.1. The van der Waals surface area contributed by atoms with Gasteiger partial charge in [0, 0.05) is 0 Å². The lowest BCUT2D eigenvalue weighted by atomic mass is 10.3. The Morgan fingerprint density at radius 3 is 2.73 bits per heavy atom. The number of nitrogens with zero attached hydrogens (tertiary/aromatic N) is 5. The second kappa shape index (κ2) is 5.11. The van der Waals surface area contributed by atoms with E-state index < -0.39 is 0 Å². The molecule has 0 fully saturated rings. The SMILES string of the molecule is N#CN(C(=N)NN=[N+]=[N-])c1ccccc1. The molecule has 2 N–H and O–H groups in total. The van der Waals surface area contributed by atoms with Crippen molar-refractivity contribution in [1.82, 2.24) is 5.43 Å². The molecule has 0 bridgehead atoms. The topological polar surface area (TPSA) is 112 Å². The molecule has 0 aliphatic carbocycles. The van der Waals surface area contributed by atoms with Gasteiger partial charge in [0.1, 0.15) is 0 Å². The van der Waals surface area contributed by atoms with Crippen molar-refractivity contribution in [2.45, 2.75) is 0 Å². The van der Waals surface area contributed by atoms with Gasteiger partial charge in [0.15, 0.2) is 6.19 Å². The number of rotatable bonds is 2. The van der Waals surface area contributed by atoms with E-state index in [1.165, 1.54) is 0 Å². The minimum absolute atomic E-state index is 0.304. The fourth-order valence-electron chi connectivity index (χ4n) is 0.934. The van der Waals surface area contributed by atoms with Gasteiger partial charge in [0.05, 0.1) is 5.69 Å². The lowest BCUT2D eigenvalue weighted by Crippen LogP contribution is -2.34. The summed E-state index contributed by atoms with van der Waals surface area (Å²) in [5.41, 5.74) is 10.6. The van der Waals surface area contributed by atoms with E-state index in [2.05, 4.69) is 15.6 Å². The van der Waals surface area contributed by atoms with Crippen LogP contribution in [0.4, 0.5) is 5.69 Å². The van der Waals surface area contributed by atoms with E-state index in [4.69, 9.17) is 16.2 Å². The van der Waals surface area contributed by atoms with Crippen LogP contribution in [0.1, 0.15) is 0 Å². The minimum atomic E-state index is -0.304. The van der Waals surface area contributed by atoms with Crippen molar-refractivity contribution in [2.75, 3.05) is 4.90 Å². The summed E-state index contributed by atoms with van der Waals surface area (Å²) in [4.78, 5) is 3.42. The van der Waals surface area contributed by atoms with Crippen molar-refractivity contribution < 1.29 is 0 Å². The molecule has 0 aliphatic rings. The first-order valence-electron chi connectivity index (χ1n) is 3.93. The number of nitriles is 1. The number of guanidine groups is 1. The Balaban J connectivity index is 2.86. The van der Waals surface area contributed by atoms with Crippen LogP contribution in [0, 0.1) is 16.9 Å². The predicted molar refractivity (Wildman–Crippen MR) is 54.5 cm³/mol. The molecule has 0 heterocycles. The molecule has 0 aromatic heterocycles. The Bertz CT molecular complexity index is 426. The predicted octanol–water partition coefficient (Wildman–Crippen LogP) is 1.72. The Kier molecular flexibility index (Phi) is 3.54. The lowest BCUT2D eigenvalue weighted by Gasteiger charge is -2.11. The van der Waals surface area contributed by atoms with Crippen LogP contribution in [-0.4, -0.2) is 5.96 Å². The molecule has 1 aromatic rings. The quantitative estimate of drug-likeness (QED) is 0.111. The van der Waals surface area contributed by atoms with Gasteiger partial charge in [-0.05, 0) is 17.4 Å². The lowest BCUT2D eigenvalue weighted by molar-refractivity contribution is 0.961. The molecular weight excluding hydrogens is 194 g/mol. The average Bonchev–Trinajstić information content (AvgIpc) is 2.29. The van der Waals surface area contributed by atoms with Crippen molar-refractivity contribution in [2.24, 2.45) is 5.22 Å². The number of para-hydroxylation sites is 1. The molecule has 0 radical (unpaired) electrons. The minimum Gasteiger partial charge on any atom is -0.246 e. The zero-order valence-electron chi connectivity index (χ0n) is 7.62. The summed E-state index contributed by atoms with van der Waals surface area (Å²) in [5.74, 6) is -0.304. The summed E-state index contributed by atoms with van der Waals surface area (Å²) in [6, 6.07) is 8.59. The van der Waals surface area contributed by atoms with E-state index in [1.54, 1.807) is 36.5 Å². The van der Waals surface area contributed by atoms with Gasteiger partial charge in [-0.2, -0.15) is 20.5 Å². The van der Waals surface area contributed by atoms with Crippen LogP contribution >= 0.6 is 0 Å². The molecule has 1 rings (SSSR count). The summed E-state index contributed by atoms with van der Waals surface area (Å²) in [6.45, 7) is 0. The highest BCUT2D eigenvalue weighted by atomic mass is 15.5. The summed E-state index contributed by atoms with van der Waals surface area (Å²) >= 11 is 0. The molecule has 0 amide bonds. The first kappa shape index (κ1) is 10.4. The molecule has 0 saturated heterocycles. The third-order valence-corrected chi connectivity index (χ3v) is 1.54. The first-order valence-corrected chi connectivity index (χ1v) is 3.93. The highest BCUT2D eigenvalue weighted by molar-refractivity contribution is 5.96. The summed E-state index contributed by atoms with van der Waals surface area (Å²) in [7, 11) is 0. The maximum Gasteiger partial charge on any atom is 0.308 e. The zero-order valence-corrected chi connectivity index (χ0v) is 7.62. The van der Waals surface area contributed by atoms with Gasteiger partial charge in [-0.15, -0.1) is 5.53 Å². The number of anilines is 1. The number of hydrogen-bond acceptors (Lipinski definition) is 3. The van der Waals surface area contributed by atoms with E-state index in [1.807, 2.05) is 0 Å². The smallest absolute Gasteiger partial charge is 0.246 e. The molecule has 0 spiro atoms. The maximum absolute atomic E-state index is 8.81. The Labute approximate surface area is 85.7 Å². The highest BCUT2D eigenvalue weighted by Crippen LogP contribution is 2.11. The molecule has 0 unspecified atom stereocenters. The number of azide groups is 1. The van der Waals surface area contributed by atoms with Gasteiger partial charge in [0.2, 0.25) is 0 Å². The van der Waals surface area contributed by atoms with Crippen LogP contribution < -0.4 is 10.3 Å². The van der Waals surface area contributed by atoms with Crippen molar-refractivity contribution in [3.8, 4) is 6.19 Å². The van der Waals surface area contributed by atoms with Crippen molar-refractivity contribution in [3.63, 3.8) is 0 Å². The molecule has 7 heteroatoms. The summed E-state index contributed by atoms with van der Waals surface area (Å²) in [6.07, 6.45) is 1.79. The van der Waals surface area contributed by atoms with E-state index in [-0.39, 0.29) is 5.96 Å². The first-order chi connectivity index (χ1) is 7.29. The molecule has 7 nitrogen and oxygen atoms in total. The second-order valence-electron chi connectivity index (χ2n) is 2.42. The number of hydrogen-bond donors (Lipinski definition) is 2. The fourth-order valence-corrected chi connectivity index (χ4v) is 0.934. The maximum atomic E-state index is 8.81. The monoisotopic (exact) mass is 201 g/mol. The molecule has 74 valence electrons. The van der Waals surface area contributed by atoms with Crippen molar-refractivity contribution in [3.05, 3.63) is 40.8 Å². The van der Waals surface area contributed by atoms with Crippen LogP contribution in [0.3, 0.4) is 0 Å². The Hall–Kier alpha value is -2.71. The summed E-state index contributed by atoms with van der Waals surface area (Å²) in [5, 5.41) is 19.2.